The fourth-order valence-corrected chi connectivity index (χ4v) is 1.71. The minimum atomic E-state index is -0.651. The molecule has 1 amide bonds. The number of aliphatic hydroxyl groups is 1. The zero-order valence-electron chi connectivity index (χ0n) is 8.99. The summed E-state index contributed by atoms with van der Waals surface area (Å²) >= 11 is 0. The van der Waals surface area contributed by atoms with Gasteiger partial charge in [-0.15, -0.1) is 0 Å². The smallest absolute Gasteiger partial charge is 0.239 e. The predicted molar refractivity (Wildman–Crippen MR) is 54.7 cm³/mol. The Balaban J connectivity index is 2.36. The molecule has 4 nitrogen and oxygen atoms in total. The van der Waals surface area contributed by atoms with Crippen LogP contribution in [-0.4, -0.2) is 40.6 Å². The summed E-state index contributed by atoms with van der Waals surface area (Å²) in [5.41, 5.74) is 5.04. The van der Waals surface area contributed by atoms with Crippen molar-refractivity contribution < 1.29 is 9.90 Å². The molecule has 0 radical (unpaired) electrons. The van der Waals surface area contributed by atoms with E-state index in [1.165, 1.54) is 0 Å². The van der Waals surface area contributed by atoms with Crippen LogP contribution in [0.1, 0.15) is 33.1 Å². The molecule has 3 N–H and O–H groups in total. The van der Waals surface area contributed by atoms with Gasteiger partial charge in [0.1, 0.15) is 0 Å². The van der Waals surface area contributed by atoms with Crippen molar-refractivity contribution in [3.8, 4) is 0 Å². The van der Waals surface area contributed by atoms with Crippen molar-refractivity contribution in [2.24, 2.45) is 5.73 Å². The van der Waals surface area contributed by atoms with E-state index in [9.17, 15) is 9.90 Å². The molecule has 1 saturated heterocycles. The Labute approximate surface area is 85.1 Å². The van der Waals surface area contributed by atoms with Gasteiger partial charge in [-0.05, 0) is 12.8 Å². The molecule has 0 spiro atoms. The highest BCUT2D eigenvalue weighted by Gasteiger charge is 2.42. The van der Waals surface area contributed by atoms with Gasteiger partial charge in [0.25, 0.3) is 0 Å². The Bertz CT molecular complexity index is 212. The molecule has 0 unspecified atom stereocenters. The fraction of sp³-hybridized carbons (Fsp3) is 0.900. The van der Waals surface area contributed by atoms with Crippen molar-refractivity contribution in [1.29, 1.82) is 0 Å². The summed E-state index contributed by atoms with van der Waals surface area (Å²) in [7, 11) is 0. The van der Waals surface area contributed by atoms with Crippen LogP contribution in [0.25, 0.3) is 0 Å². The second kappa shape index (κ2) is 4.28. The van der Waals surface area contributed by atoms with Gasteiger partial charge in [0.05, 0.1) is 24.7 Å². The first-order valence-corrected chi connectivity index (χ1v) is 5.29. The lowest BCUT2D eigenvalue weighted by Crippen LogP contribution is -2.65. The summed E-state index contributed by atoms with van der Waals surface area (Å²) < 4.78 is 0. The largest absolute Gasteiger partial charge is 0.386 e. The average molecular weight is 200 g/mol. The zero-order chi connectivity index (χ0) is 10.8. The fourth-order valence-electron chi connectivity index (χ4n) is 1.71. The lowest BCUT2D eigenvalue weighted by Gasteiger charge is -2.46. The Hall–Kier alpha value is -0.610. The van der Waals surface area contributed by atoms with Crippen molar-refractivity contribution in [3.63, 3.8) is 0 Å². The highest BCUT2D eigenvalue weighted by Crippen LogP contribution is 2.24. The maximum atomic E-state index is 11.6. The van der Waals surface area contributed by atoms with E-state index in [2.05, 4.69) is 0 Å². The summed E-state index contributed by atoms with van der Waals surface area (Å²) in [5, 5.41) is 9.72. The number of hydrogen-bond acceptors (Lipinski definition) is 3. The van der Waals surface area contributed by atoms with Crippen molar-refractivity contribution in [3.05, 3.63) is 0 Å². The van der Waals surface area contributed by atoms with Crippen molar-refractivity contribution in [2.75, 3.05) is 13.1 Å². The van der Waals surface area contributed by atoms with E-state index < -0.39 is 5.60 Å². The molecule has 1 atom stereocenters. The van der Waals surface area contributed by atoms with Crippen LogP contribution in [0.2, 0.25) is 0 Å². The predicted octanol–water partition coefficient (Wildman–Crippen LogP) is 0.0971. The van der Waals surface area contributed by atoms with Crippen LogP contribution in [0.4, 0.5) is 0 Å². The summed E-state index contributed by atoms with van der Waals surface area (Å²) in [6.07, 6.45) is 2.33. The van der Waals surface area contributed by atoms with E-state index in [0.717, 1.165) is 12.8 Å². The molecule has 0 aliphatic carbocycles. The number of carbonyl (C=O) groups is 1. The molecule has 0 aromatic rings. The first-order valence-electron chi connectivity index (χ1n) is 5.29. The van der Waals surface area contributed by atoms with Crippen LogP contribution in [-0.2, 0) is 4.79 Å². The molecule has 1 heterocycles. The number of carbonyl (C=O) groups excluding carboxylic acids is 1. The third-order valence-corrected chi connectivity index (χ3v) is 2.86. The molecule has 1 rings (SSSR count). The van der Waals surface area contributed by atoms with E-state index >= 15 is 0 Å². The van der Waals surface area contributed by atoms with E-state index in [0.29, 0.717) is 19.5 Å². The molecule has 1 aliphatic heterocycles. The first-order chi connectivity index (χ1) is 6.52. The molecule has 0 aromatic carbocycles. The third-order valence-electron chi connectivity index (χ3n) is 2.86. The van der Waals surface area contributed by atoms with Crippen LogP contribution in [0.5, 0.6) is 0 Å². The maximum Gasteiger partial charge on any atom is 0.239 e. The third kappa shape index (κ3) is 2.25. The van der Waals surface area contributed by atoms with Gasteiger partial charge in [-0.3, -0.25) is 4.79 Å². The zero-order valence-corrected chi connectivity index (χ0v) is 8.99. The maximum absolute atomic E-state index is 11.6. The summed E-state index contributed by atoms with van der Waals surface area (Å²) in [6.45, 7) is 4.82. The van der Waals surface area contributed by atoms with Gasteiger partial charge in [0.15, 0.2) is 0 Å². The Morgan fingerprint density at radius 1 is 1.57 bits per heavy atom. The van der Waals surface area contributed by atoms with Gasteiger partial charge in [0.2, 0.25) is 5.91 Å². The average Bonchev–Trinajstić information content (AvgIpc) is 2.12. The first kappa shape index (κ1) is 11.5. The van der Waals surface area contributed by atoms with Crippen LogP contribution in [0.15, 0.2) is 0 Å². The van der Waals surface area contributed by atoms with E-state index in [4.69, 9.17) is 5.73 Å². The molecule has 0 saturated carbocycles. The number of likely N-dealkylation sites (tertiary alicyclic amines) is 1. The molecule has 0 aromatic heterocycles. The number of amides is 1. The molecule has 1 fully saturated rings. The number of β-amino-alcohol motifs (C(OH)–C–C–N with tert-alkyl or cyclic N) is 1. The van der Waals surface area contributed by atoms with Gasteiger partial charge in [-0.2, -0.15) is 0 Å². The summed E-state index contributed by atoms with van der Waals surface area (Å²) in [5.74, 6) is -0.0232. The number of hydrogen-bond donors (Lipinski definition) is 2. The molecular weight excluding hydrogens is 180 g/mol. The van der Waals surface area contributed by atoms with Gasteiger partial charge >= 0.3 is 0 Å². The molecular formula is C10H20N2O2. The monoisotopic (exact) mass is 200 g/mol. The second-order valence-corrected chi connectivity index (χ2v) is 4.17. The molecule has 4 heteroatoms. The van der Waals surface area contributed by atoms with Crippen LogP contribution in [0, 0.1) is 0 Å². The topological polar surface area (TPSA) is 66.6 Å². The minimum Gasteiger partial charge on any atom is -0.386 e. The molecule has 1 aliphatic rings. The number of nitrogens with two attached hydrogens (primary N) is 1. The minimum absolute atomic E-state index is 0.0232. The molecule has 0 bridgehead atoms. The van der Waals surface area contributed by atoms with Gasteiger partial charge in [0, 0.05) is 0 Å². The van der Waals surface area contributed by atoms with Crippen LogP contribution >= 0.6 is 0 Å². The lowest BCUT2D eigenvalue weighted by molar-refractivity contribution is -0.157. The normalized spacial score (nSPS) is 21.6. The number of rotatable bonds is 4. The second-order valence-electron chi connectivity index (χ2n) is 4.17. The van der Waals surface area contributed by atoms with E-state index in [1.54, 1.807) is 4.90 Å². The van der Waals surface area contributed by atoms with Gasteiger partial charge in [-0.25, -0.2) is 0 Å². The lowest BCUT2D eigenvalue weighted by atomic mass is 9.90. The Kier molecular flexibility index (Phi) is 3.50. The Morgan fingerprint density at radius 3 is 2.57 bits per heavy atom. The van der Waals surface area contributed by atoms with Crippen LogP contribution < -0.4 is 5.73 Å². The Morgan fingerprint density at radius 2 is 2.14 bits per heavy atom. The van der Waals surface area contributed by atoms with Crippen molar-refractivity contribution in [2.45, 2.75) is 44.8 Å². The van der Waals surface area contributed by atoms with E-state index in [1.807, 2.05) is 13.8 Å². The van der Waals surface area contributed by atoms with Crippen molar-refractivity contribution in [1.82, 2.24) is 4.90 Å². The number of nitrogens with zero attached hydrogens (tertiary/aromatic N) is 1. The highest BCUT2D eigenvalue weighted by molar-refractivity contribution is 5.82. The standard InChI is InChI=1S/C10H20N2O2/c1-3-5-8(11)9(13)12-6-10(14,4-2)7-12/h8,14H,3-7,11H2,1-2H3/t8-/m1/s1. The van der Waals surface area contributed by atoms with Crippen LogP contribution in [0.3, 0.4) is 0 Å². The van der Waals surface area contributed by atoms with Gasteiger partial charge < -0.3 is 15.7 Å². The summed E-state index contributed by atoms with van der Waals surface area (Å²) in [6, 6.07) is -0.388. The van der Waals surface area contributed by atoms with Crippen molar-refractivity contribution >= 4 is 5.91 Å². The molecule has 14 heavy (non-hydrogen) atoms. The van der Waals surface area contributed by atoms with E-state index in [-0.39, 0.29) is 11.9 Å². The SMILES string of the molecule is CCC[C@@H](N)C(=O)N1CC(O)(CC)C1. The molecule has 82 valence electrons. The highest BCUT2D eigenvalue weighted by atomic mass is 16.3. The quantitative estimate of drug-likeness (QED) is 0.676. The summed E-state index contributed by atoms with van der Waals surface area (Å²) in [4.78, 5) is 13.3. The van der Waals surface area contributed by atoms with Gasteiger partial charge in [-0.1, -0.05) is 20.3 Å².